The zero-order chi connectivity index (χ0) is 22.5. The summed E-state index contributed by atoms with van der Waals surface area (Å²) in [6, 6.07) is 26.9. The van der Waals surface area contributed by atoms with E-state index in [0.29, 0.717) is 5.69 Å². The Morgan fingerprint density at radius 1 is 0.875 bits per heavy atom. The molecule has 0 aliphatic carbocycles. The van der Waals surface area contributed by atoms with Crippen LogP contribution >= 0.6 is 0 Å². The highest BCUT2D eigenvalue weighted by molar-refractivity contribution is 5.92. The molecule has 0 aliphatic heterocycles. The van der Waals surface area contributed by atoms with Gasteiger partial charge in [0.2, 0.25) is 5.69 Å². The third kappa shape index (κ3) is 4.41. The summed E-state index contributed by atoms with van der Waals surface area (Å²) in [5, 5.41) is 6.96. The Hall–Kier alpha value is -4.26. The minimum absolute atomic E-state index is 0.0301. The molecule has 7 heteroatoms. The summed E-state index contributed by atoms with van der Waals surface area (Å²) in [5.74, 6) is -0.641. The first-order valence-electron chi connectivity index (χ1n) is 10.2. The van der Waals surface area contributed by atoms with E-state index in [-0.39, 0.29) is 18.3 Å². The van der Waals surface area contributed by atoms with Crippen molar-refractivity contribution < 1.29 is 4.79 Å². The van der Waals surface area contributed by atoms with Gasteiger partial charge in [0.05, 0.1) is 18.3 Å². The molecule has 4 aromatic rings. The van der Waals surface area contributed by atoms with Crippen molar-refractivity contribution in [2.45, 2.75) is 19.5 Å². The molecule has 1 N–H and O–H groups in total. The third-order valence-corrected chi connectivity index (χ3v) is 5.11. The van der Waals surface area contributed by atoms with Crippen molar-refractivity contribution in [3.05, 3.63) is 129 Å². The van der Waals surface area contributed by atoms with E-state index in [9.17, 15) is 14.4 Å². The molecule has 0 radical (unpaired) electrons. The molecule has 0 fully saturated rings. The molecular formula is C25H22N4O3. The molecule has 160 valence electrons. The van der Waals surface area contributed by atoms with E-state index in [1.807, 2.05) is 73.7 Å². The first-order chi connectivity index (χ1) is 15.5. The van der Waals surface area contributed by atoms with Gasteiger partial charge in [0.25, 0.3) is 11.5 Å². The lowest BCUT2D eigenvalue weighted by atomic mass is 10.1. The monoisotopic (exact) mass is 426 g/mol. The van der Waals surface area contributed by atoms with Gasteiger partial charge < -0.3 is 5.32 Å². The molecule has 1 atom stereocenters. The molecule has 1 heterocycles. The molecule has 4 rings (SSSR count). The maximum Gasteiger partial charge on any atom is 0.352 e. The molecule has 0 saturated carbocycles. The van der Waals surface area contributed by atoms with Crippen molar-refractivity contribution in [1.82, 2.24) is 19.7 Å². The molecule has 1 amide bonds. The number of carbonyl (C=O) groups is 1. The summed E-state index contributed by atoms with van der Waals surface area (Å²) in [6.07, 6.45) is 0. The minimum Gasteiger partial charge on any atom is -0.344 e. The maximum absolute atomic E-state index is 13.2. The Morgan fingerprint density at radius 2 is 1.44 bits per heavy atom. The predicted octanol–water partition coefficient (Wildman–Crippen LogP) is 2.93. The predicted molar refractivity (Wildman–Crippen MR) is 122 cm³/mol. The van der Waals surface area contributed by atoms with Crippen LogP contribution in [0.25, 0.3) is 5.69 Å². The smallest absolute Gasteiger partial charge is 0.344 e. The largest absolute Gasteiger partial charge is 0.352 e. The number of aromatic nitrogens is 3. The van der Waals surface area contributed by atoms with Gasteiger partial charge in [-0.25, -0.2) is 4.79 Å². The number of hydrogen-bond acceptors (Lipinski definition) is 4. The van der Waals surface area contributed by atoms with Gasteiger partial charge in [0, 0.05) is 0 Å². The van der Waals surface area contributed by atoms with E-state index in [0.717, 1.165) is 20.4 Å². The molecule has 1 aromatic heterocycles. The van der Waals surface area contributed by atoms with Crippen LogP contribution in [0, 0.1) is 0 Å². The molecule has 0 saturated heterocycles. The topological polar surface area (TPSA) is 86.0 Å². The van der Waals surface area contributed by atoms with Crippen molar-refractivity contribution in [1.29, 1.82) is 0 Å². The minimum atomic E-state index is -0.733. The van der Waals surface area contributed by atoms with Crippen LogP contribution in [0.5, 0.6) is 0 Å². The van der Waals surface area contributed by atoms with Gasteiger partial charge >= 0.3 is 5.69 Å². The number of nitrogens with one attached hydrogen (secondary N) is 1. The van der Waals surface area contributed by atoms with Gasteiger partial charge in [0.15, 0.2) is 0 Å². The fraction of sp³-hybridized carbons (Fsp3) is 0.120. The van der Waals surface area contributed by atoms with Gasteiger partial charge in [-0.1, -0.05) is 78.9 Å². The summed E-state index contributed by atoms with van der Waals surface area (Å²) in [4.78, 5) is 39.4. The summed E-state index contributed by atoms with van der Waals surface area (Å²) in [6.45, 7) is 1.85. The Labute approximate surface area is 184 Å². The Balaban J connectivity index is 1.79. The van der Waals surface area contributed by atoms with Crippen LogP contribution < -0.4 is 16.6 Å². The highest BCUT2D eigenvalue weighted by Gasteiger charge is 2.22. The number of amides is 1. The van der Waals surface area contributed by atoms with Gasteiger partial charge in [0.1, 0.15) is 0 Å². The number of benzene rings is 3. The van der Waals surface area contributed by atoms with E-state index in [1.165, 1.54) is 0 Å². The normalized spacial score (nSPS) is 11.7. The lowest BCUT2D eigenvalue weighted by Crippen LogP contribution is -2.46. The Kier molecular flexibility index (Phi) is 6.07. The zero-order valence-electron chi connectivity index (χ0n) is 17.5. The average molecular weight is 426 g/mol. The van der Waals surface area contributed by atoms with Crippen LogP contribution in [0.4, 0.5) is 0 Å². The Bertz CT molecular complexity index is 1330. The quantitative estimate of drug-likeness (QED) is 0.514. The lowest BCUT2D eigenvalue weighted by molar-refractivity contribution is 0.0930. The Morgan fingerprint density at radius 3 is 2.06 bits per heavy atom. The molecular weight excluding hydrogens is 404 g/mol. The van der Waals surface area contributed by atoms with E-state index in [2.05, 4.69) is 10.4 Å². The van der Waals surface area contributed by atoms with Crippen LogP contribution in [0.2, 0.25) is 0 Å². The maximum atomic E-state index is 13.2. The van der Waals surface area contributed by atoms with Crippen molar-refractivity contribution in [3.8, 4) is 5.69 Å². The summed E-state index contributed by atoms with van der Waals surface area (Å²) in [5.41, 5.74) is 0.432. The number of carbonyl (C=O) groups excluding carboxylic acids is 1. The second-order valence-electron chi connectivity index (χ2n) is 7.36. The standard InChI is InChI=1S/C25H22N4O3/c1-18(20-13-7-3-8-14-20)26-23(30)22-24(31)28(17-19-11-5-2-6-12-19)25(32)29(27-22)21-15-9-4-10-16-21/h2-16,18H,17H2,1H3,(H,26,30)/t18-/m0/s1. The summed E-state index contributed by atoms with van der Waals surface area (Å²) in [7, 11) is 0. The fourth-order valence-electron chi connectivity index (χ4n) is 3.39. The van der Waals surface area contributed by atoms with Crippen molar-refractivity contribution in [2.24, 2.45) is 0 Å². The van der Waals surface area contributed by atoms with Crippen molar-refractivity contribution in [2.75, 3.05) is 0 Å². The SMILES string of the molecule is C[C@H](NC(=O)c1nn(-c2ccccc2)c(=O)n(Cc2ccccc2)c1=O)c1ccccc1. The highest BCUT2D eigenvalue weighted by Crippen LogP contribution is 2.11. The molecule has 0 aliphatic rings. The summed E-state index contributed by atoms with van der Waals surface area (Å²) >= 11 is 0. The summed E-state index contributed by atoms with van der Waals surface area (Å²) < 4.78 is 2.13. The highest BCUT2D eigenvalue weighted by atomic mass is 16.2. The lowest BCUT2D eigenvalue weighted by Gasteiger charge is -2.15. The van der Waals surface area contributed by atoms with Crippen LogP contribution in [-0.4, -0.2) is 20.3 Å². The first-order valence-corrected chi connectivity index (χ1v) is 10.2. The number of nitrogens with zero attached hydrogens (tertiary/aromatic N) is 3. The van der Waals surface area contributed by atoms with Gasteiger partial charge in [-0.15, -0.1) is 0 Å². The second-order valence-corrected chi connectivity index (χ2v) is 7.36. The van der Waals surface area contributed by atoms with E-state index in [4.69, 9.17) is 0 Å². The van der Waals surface area contributed by atoms with E-state index >= 15 is 0 Å². The molecule has 32 heavy (non-hydrogen) atoms. The van der Waals surface area contributed by atoms with Gasteiger partial charge in [-0.3, -0.25) is 14.2 Å². The van der Waals surface area contributed by atoms with Crippen molar-refractivity contribution >= 4 is 5.91 Å². The van der Waals surface area contributed by atoms with Gasteiger partial charge in [-0.2, -0.15) is 9.78 Å². The molecule has 7 nitrogen and oxygen atoms in total. The number of hydrogen-bond donors (Lipinski definition) is 1. The van der Waals surface area contributed by atoms with Gasteiger partial charge in [-0.05, 0) is 30.2 Å². The van der Waals surface area contributed by atoms with Crippen LogP contribution in [0.1, 0.15) is 34.6 Å². The molecule has 0 spiro atoms. The van der Waals surface area contributed by atoms with Crippen LogP contribution in [0.15, 0.2) is 101 Å². The molecule has 3 aromatic carbocycles. The molecule has 0 unspecified atom stereocenters. The molecule has 0 bridgehead atoms. The van der Waals surface area contributed by atoms with Crippen molar-refractivity contribution in [3.63, 3.8) is 0 Å². The van der Waals surface area contributed by atoms with Crippen LogP contribution in [0.3, 0.4) is 0 Å². The zero-order valence-corrected chi connectivity index (χ0v) is 17.5. The van der Waals surface area contributed by atoms with E-state index < -0.39 is 17.2 Å². The van der Waals surface area contributed by atoms with Crippen LogP contribution in [-0.2, 0) is 6.54 Å². The van der Waals surface area contributed by atoms with E-state index in [1.54, 1.807) is 24.3 Å². The second kappa shape index (κ2) is 9.26. The average Bonchev–Trinajstić information content (AvgIpc) is 2.83. The number of para-hydroxylation sites is 1. The number of rotatable bonds is 6. The fourth-order valence-corrected chi connectivity index (χ4v) is 3.39. The first kappa shape index (κ1) is 21.0. The third-order valence-electron chi connectivity index (χ3n) is 5.11.